The number of amides is 1. The largest absolute Gasteiger partial charge is 0.464 e. The van der Waals surface area contributed by atoms with E-state index in [0.717, 1.165) is 10.9 Å². The van der Waals surface area contributed by atoms with E-state index in [4.69, 9.17) is 9.47 Å². The molecule has 0 saturated carbocycles. The standard InChI is InChI=1S/C19H21N3O5/c1-4-26-17(24)19(18(25)27-5-2)9-12-15(10-20-19)22-14-8-6-7-13(16(12)14)21-11(3)23/h6-8,10,22H,4-5,9H2,1-3H3,(H,21,23). The summed E-state index contributed by atoms with van der Waals surface area (Å²) < 4.78 is 10.2. The maximum absolute atomic E-state index is 12.7. The Kier molecular flexibility index (Phi) is 4.98. The van der Waals surface area contributed by atoms with Crippen LogP contribution in [0.3, 0.4) is 0 Å². The number of ether oxygens (including phenoxy) is 2. The summed E-state index contributed by atoms with van der Waals surface area (Å²) >= 11 is 0. The molecular formula is C19H21N3O5. The van der Waals surface area contributed by atoms with Crippen LogP contribution < -0.4 is 5.32 Å². The lowest BCUT2D eigenvalue weighted by Gasteiger charge is -2.28. The van der Waals surface area contributed by atoms with Crippen LogP contribution in [0.25, 0.3) is 10.9 Å². The van der Waals surface area contributed by atoms with Crippen molar-refractivity contribution < 1.29 is 23.9 Å². The number of H-pyrrole nitrogens is 1. The summed E-state index contributed by atoms with van der Waals surface area (Å²) in [5.41, 5.74) is 0.936. The average Bonchev–Trinajstić information content (AvgIpc) is 2.99. The maximum atomic E-state index is 12.7. The first-order valence-corrected chi connectivity index (χ1v) is 8.73. The van der Waals surface area contributed by atoms with Gasteiger partial charge >= 0.3 is 11.9 Å². The van der Waals surface area contributed by atoms with E-state index in [-0.39, 0.29) is 25.5 Å². The Labute approximate surface area is 155 Å². The fraction of sp³-hybridized carbons (Fsp3) is 0.368. The van der Waals surface area contributed by atoms with Crippen LogP contribution in [0.2, 0.25) is 0 Å². The third kappa shape index (κ3) is 3.18. The number of aromatic nitrogens is 1. The normalized spacial score (nSPS) is 14.5. The number of anilines is 1. The van der Waals surface area contributed by atoms with Crippen molar-refractivity contribution in [3.63, 3.8) is 0 Å². The van der Waals surface area contributed by atoms with Gasteiger partial charge in [-0.25, -0.2) is 9.59 Å². The Bertz CT molecular complexity index is 926. The van der Waals surface area contributed by atoms with Crippen LogP contribution >= 0.6 is 0 Å². The van der Waals surface area contributed by atoms with E-state index in [9.17, 15) is 14.4 Å². The Hall–Kier alpha value is -3.16. The van der Waals surface area contributed by atoms with E-state index in [1.807, 2.05) is 6.07 Å². The first-order valence-electron chi connectivity index (χ1n) is 8.73. The van der Waals surface area contributed by atoms with Gasteiger partial charge in [0.1, 0.15) is 0 Å². The van der Waals surface area contributed by atoms with E-state index in [1.165, 1.54) is 13.1 Å². The second-order valence-corrected chi connectivity index (χ2v) is 6.16. The highest BCUT2D eigenvalue weighted by atomic mass is 16.6. The number of aromatic amines is 1. The number of aliphatic imine (C=N–C) groups is 1. The molecule has 3 rings (SSSR count). The highest BCUT2D eigenvalue weighted by Crippen LogP contribution is 2.36. The number of carbonyl (C=O) groups excluding carboxylic acids is 3. The smallest absolute Gasteiger partial charge is 0.346 e. The van der Waals surface area contributed by atoms with Gasteiger partial charge < -0.3 is 19.8 Å². The summed E-state index contributed by atoms with van der Waals surface area (Å²) in [6.45, 7) is 4.98. The second-order valence-electron chi connectivity index (χ2n) is 6.16. The molecule has 27 heavy (non-hydrogen) atoms. The number of benzene rings is 1. The fourth-order valence-electron chi connectivity index (χ4n) is 3.23. The number of fused-ring (bicyclic) bond motifs is 3. The third-order valence-corrected chi connectivity index (χ3v) is 4.34. The molecule has 2 heterocycles. The Morgan fingerprint density at radius 2 is 1.85 bits per heavy atom. The first-order chi connectivity index (χ1) is 12.9. The molecule has 1 amide bonds. The van der Waals surface area contributed by atoms with Crippen molar-refractivity contribution in [1.82, 2.24) is 4.98 Å². The van der Waals surface area contributed by atoms with Gasteiger partial charge in [-0.3, -0.25) is 9.79 Å². The Morgan fingerprint density at radius 1 is 1.19 bits per heavy atom. The molecule has 142 valence electrons. The molecule has 2 N–H and O–H groups in total. The van der Waals surface area contributed by atoms with Crippen LogP contribution in [0.5, 0.6) is 0 Å². The molecule has 1 aliphatic heterocycles. The van der Waals surface area contributed by atoms with Crippen molar-refractivity contribution in [3.05, 3.63) is 29.5 Å². The number of hydrogen-bond acceptors (Lipinski definition) is 6. The summed E-state index contributed by atoms with van der Waals surface area (Å²) in [5.74, 6) is -1.72. The van der Waals surface area contributed by atoms with Crippen molar-refractivity contribution in [2.45, 2.75) is 32.7 Å². The highest BCUT2D eigenvalue weighted by Gasteiger charge is 2.51. The van der Waals surface area contributed by atoms with Gasteiger partial charge in [-0.15, -0.1) is 0 Å². The van der Waals surface area contributed by atoms with E-state index >= 15 is 0 Å². The molecule has 0 saturated heterocycles. The molecule has 0 atom stereocenters. The van der Waals surface area contributed by atoms with Crippen LogP contribution in [0.4, 0.5) is 5.69 Å². The molecule has 0 radical (unpaired) electrons. The number of hydrogen-bond donors (Lipinski definition) is 2. The molecule has 0 fully saturated rings. The number of carbonyl (C=O) groups is 3. The zero-order valence-electron chi connectivity index (χ0n) is 15.4. The minimum absolute atomic E-state index is 0.0207. The molecule has 0 spiro atoms. The van der Waals surface area contributed by atoms with Crippen LogP contribution in [0.15, 0.2) is 23.2 Å². The Balaban J connectivity index is 2.15. The van der Waals surface area contributed by atoms with Crippen molar-refractivity contribution in [3.8, 4) is 0 Å². The molecule has 8 heteroatoms. The van der Waals surface area contributed by atoms with Gasteiger partial charge in [0.05, 0.1) is 24.6 Å². The van der Waals surface area contributed by atoms with E-state index < -0.39 is 17.5 Å². The molecule has 1 aliphatic rings. The lowest BCUT2D eigenvalue weighted by atomic mass is 9.87. The monoisotopic (exact) mass is 371 g/mol. The molecule has 0 aliphatic carbocycles. The van der Waals surface area contributed by atoms with Crippen molar-refractivity contribution >= 4 is 40.7 Å². The van der Waals surface area contributed by atoms with Crippen molar-refractivity contribution in [2.24, 2.45) is 4.99 Å². The summed E-state index contributed by atoms with van der Waals surface area (Å²) in [7, 11) is 0. The summed E-state index contributed by atoms with van der Waals surface area (Å²) in [6.07, 6.45) is 1.43. The fourth-order valence-corrected chi connectivity index (χ4v) is 3.23. The highest BCUT2D eigenvalue weighted by molar-refractivity contribution is 6.12. The minimum Gasteiger partial charge on any atom is -0.464 e. The van der Waals surface area contributed by atoms with Gasteiger partial charge in [0.15, 0.2) is 0 Å². The zero-order valence-corrected chi connectivity index (χ0v) is 15.4. The first kappa shape index (κ1) is 18.6. The quantitative estimate of drug-likeness (QED) is 0.617. The topological polar surface area (TPSA) is 110 Å². The van der Waals surface area contributed by atoms with Gasteiger partial charge in [0, 0.05) is 30.5 Å². The molecule has 1 aromatic carbocycles. The summed E-state index contributed by atoms with van der Waals surface area (Å²) in [5, 5.41) is 3.51. The van der Waals surface area contributed by atoms with Crippen molar-refractivity contribution in [1.29, 1.82) is 0 Å². The van der Waals surface area contributed by atoms with Crippen LogP contribution in [-0.2, 0) is 30.3 Å². The number of nitrogens with zero attached hydrogens (tertiary/aromatic N) is 1. The SMILES string of the molecule is CCOC(=O)C1(C(=O)OCC)Cc2c([nH]c3cccc(NC(C)=O)c23)C=N1. The van der Waals surface area contributed by atoms with Crippen LogP contribution in [-0.4, -0.2) is 47.8 Å². The Morgan fingerprint density at radius 3 is 2.44 bits per heavy atom. The van der Waals surface area contributed by atoms with Crippen LogP contribution in [0.1, 0.15) is 32.0 Å². The average molecular weight is 371 g/mol. The molecule has 0 bridgehead atoms. The molecule has 1 aromatic heterocycles. The van der Waals surface area contributed by atoms with Gasteiger partial charge in [-0.1, -0.05) is 6.07 Å². The molecule has 0 unspecified atom stereocenters. The zero-order chi connectivity index (χ0) is 19.6. The molecular weight excluding hydrogens is 350 g/mol. The minimum atomic E-state index is -1.79. The summed E-state index contributed by atoms with van der Waals surface area (Å²) in [6, 6.07) is 5.42. The van der Waals surface area contributed by atoms with Crippen molar-refractivity contribution in [2.75, 3.05) is 18.5 Å². The van der Waals surface area contributed by atoms with E-state index in [2.05, 4.69) is 15.3 Å². The van der Waals surface area contributed by atoms with Gasteiger partial charge in [-0.05, 0) is 31.5 Å². The van der Waals surface area contributed by atoms with Gasteiger partial charge in [-0.2, -0.15) is 0 Å². The lowest BCUT2D eigenvalue weighted by Crippen LogP contribution is -2.50. The lowest BCUT2D eigenvalue weighted by molar-refractivity contribution is -0.163. The number of rotatable bonds is 5. The van der Waals surface area contributed by atoms with Gasteiger partial charge in [0.2, 0.25) is 5.91 Å². The maximum Gasteiger partial charge on any atom is 0.346 e. The van der Waals surface area contributed by atoms with Crippen LogP contribution in [0, 0.1) is 0 Å². The third-order valence-electron chi connectivity index (χ3n) is 4.34. The second kappa shape index (κ2) is 7.22. The van der Waals surface area contributed by atoms with E-state index in [1.54, 1.807) is 26.0 Å². The summed E-state index contributed by atoms with van der Waals surface area (Å²) in [4.78, 5) is 44.3. The predicted molar refractivity (Wildman–Crippen MR) is 99.9 cm³/mol. The molecule has 2 aromatic rings. The number of esters is 2. The predicted octanol–water partition coefficient (Wildman–Crippen LogP) is 1.97. The van der Waals surface area contributed by atoms with E-state index in [0.29, 0.717) is 16.9 Å². The van der Waals surface area contributed by atoms with Gasteiger partial charge in [0.25, 0.3) is 5.54 Å². The molecule has 8 nitrogen and oxygen atoms in total. The number of nitrogens with one attached hydrogen (secondary N) is 2.